The number of aliphatic carboxylic acids is 1. The quantitative estimate of drug-likeness (QED) is 0.529. The minimum atomic E-state index is -1.14. The van der Waals surface area contributed by atoms with Gasteiger partial charge in [0.25, 0.3) is 0 Å². The van der Waals surface area contributed by atoms with Crippen LogP contribution in [-0.2, 0) is 9.59 Å². The van der Waals surface area contributed by atoms with Crippen LogP contribution in [0.1, 0.15) is 13.3 Å². The van der Waals surface area contributed by atoms with Gasteiger partial charge in [-0.2, -0.15) is 0 Å². The van der Waals surface area contributed by atoms with Crippen molar-refractivity contribution in [3.63, 3.8) is 0 Å². The molecule has 0 atom stereocenters. The third kappa shape index (κ3) is 3.40. The highest BCUT2D eigenvalue weighted by Crippen LogP contribution is 1.84. The first-order valence-corrected chi connectivity index (χ1v) is 2.34. The number of hydrogen-bond donors (Lipinski definition) is 2. The Labute approximate surface area is 52.0 Å². The van der Waals surface area contributed by atoms with Gasteiger partial charge in [0.15, 0.2) is 5.78 Å². The maximum atomic E-state index is 10.2. The molecule has 50 valence electrons. The Morgan fingerprint density at radius 2 is 2.00 bits per heavy atom. The van der Waals surface area contributed by atoms with Crippen LogP contribution in [0.5, 0.6) is 0 Å². The summed E-state index contributed by atoms with van der Waals surface area (Å²) in [5.41, 5.74) is -0.359. The van der Waals surface area contributed by atoms with E-state index in [1.54, 1.807) is 0 Å². The van der Waals surface area contributed by atoms with Crippen molar-refractivity contribution in [2.24, 2.45) is 0 Å². The molecule has 0 aliphatic heterocycles. The molecule has 9 heavy (non-hydrogen) atoms. The van der Waals surface area contributed by atoms with Gasteiger partial charge in [-0.3, -0.25) is 9.59 Å². The van der Waals surface area contributed by atoms with Gasteiger partial charge in [-0.1, -0.05) is 0 Å². The molecule has 0 saturated carbocycles. The third-order valence-electron chi connectivity index (χ3n) is 0.753. The lowest BCUT2D eigenvalue weighted by Crippen LogP contribution is -2.13. The fourth-order valence-corrected chi connectivity index (χ4v) is 0.276. The molecule has 0 unspecified atom stereocenters. The summed E-state index contributed by atoms with van der Waals surface area (Å²) < 4.78 is 0. The molecule has 2 N–H and O–H groups in total. The molecule has 0 rings (SSSR count). The van der Waals surface area contributed by atoms with Gasteiger partial charge in [0, 0.05) is 6.92 Å². The highest BCUT2D eigenvalue weighted by molar-refractivity contribution is 6.40. The normalized spacial score (nSPS) is 8.56. The molecule has 0 fully saturated rings. The second-order valence-electron chi connectivity index (χ2n) is 1.61. The van der Waals surface area contributed by atoms with Crippen LogP contribution < -0.4 is 0 Å². The second kappa shape index (κ2) is 2.96. The summed E-state index contributed by atoms with van der Waals surface area (Å²) in [6, 6.07) is 0. The maximum Gasteiger partial charge on any atom is 0.309 e. The van der Waals surface area contributed by atoms with Gasteiger partial charge in [0.05, 0.1) is 12.1 Å². The van der Waals surface area contributed by atoms with Crippen LogP contribution in [0.3, 0.4) is 0 Å². The Bertz CT molecular complexity index is 162. The number of ketones is 1. The number of hydrogen-bond acceptors (Lipinski definition) is 3. The molecule has 0 spiro atoms. The van der Waals surface area contributed by atoms with Crippen molar-refractivity contribution >= 4 is 17.5 Å². The topological polar surface area (TPSA) is 78.2 Å². The molecular formula is C5H7NO3. The van der Waals surface area contributed by atoms with Gasteiger partial charge in [0.2, 0.25) is 0 Å². The predicted molar refractivity (Wildman–Crippen MR) is 30.7 cm³/mol. The largest absolute Gasteiger partial charge is 0.481 e. The van der Waals surface area contributed by atoms with E-state index in [1.165, 1.54) is 6.92 Å². The van der Waals surface area contributed by atoms with Crippen LogP contribution in [0.4, 0.5) is 0 Å². The van der Waals surface area contributed by atoms with Gasteiger partial charge in [0.1, 0.15) is 0 Å². The minimum Gasteiger partial charge on any atom is -0.481 e. The number of carboxylic acid groups (broad SMARTS) is 1. The van der Waals surface area contributed by atoms with Crippen LogP contribution in [0.15, 0.2) is 0 Å². The lowest BCUT2D eigenvalue weighted by Gasteiger charge is -1.90. The zero-order valence-corrected chi connectivity index (χ0v) is 4.97. The van der Waals surface area contributed by atoms with Crippen molar-refractivity contribution in [3.05, 3.63) is 0 Å². The average molecular weight is 129 g/mol. The van der Waals surface area contributed by atoms with Gasteiger partial charge < -0.3 is 10.5 Å². The van der Waals surface area contributed by atoms with Crippen molar-refractivity contribution in [1.29, 1.82) is 5.41 Å². The van der Waals surface area contributed by atoms with Crippen molar-refractivity contribution < 1.29 is 14.7 Å². The van der Waals surface area contributed by atoms with Crippen molar-refractivity contribution in [3.8, 4) is 0 Å². The summed E-state index contributed by atoms with van der Waals surface area (Å²) in [5.74, 6) is -1.63. The first-order chi connectivity index (χ1) is 4.04. The number of carboxylic acids is 1. The van der Waals surface area contributed by atoms with E-state index in [9.17, 15) is 9.59 Å². The van der Waals surface area contributed by atoms with Gasteiger partial charge in [-0.05, 0) is 0 Å². The maximum absolute atomic E-state index is 10.2. The SMILES string of the molecule is CC(=O)C(=N)CC(=O)O. The van der Waals surface area contributed by atoms with E-state index in [-0.39, 0.29) is 5.71 Å². The molecule has 0 aromatic carbocycles. The highest BCUT2D eigenvalue weighted by atomic mass is 16.4. The van der Waals surface area contributed by atoms with Crippen LogP contribution in [0.2, 0.25) is 0 Å². The van der Waals surface area contributed by atoms with E-state index >= 15 is 0 Å². The molecule has 0 aliphatic rings. The Hall–Kier alpha value is -1.19. The zero-order valence-electron chi connectivity index (χ0n) is 4.97. The Morgan fingerprint density at radius 3 is 2.11 bits per heavy atom. The first kappa shape index (κ1) is 7.81. The smallest absolute Gasteiger partial charge is 0.309 e. The zero-order chi connectivity index (χ0) is 7.44. The molecule has 4 heteroatoms. The fraction of sp³-hybridized carbons (Fsp3) is 0.400. The van der Waals surface area contributed by atoms with E-state index in [0.717, 1.165) is 0 Å². The van der Waals surface area contributed by atoms with Crippen LogP contribution >= 0.6 is 0 Å². The van der Waals surface area contributed by atoms with Crippen LogP contribution in [0, 0.1) is 5.41 Å². The molecule has 0 radical (unpaired) electrons. The second-order valence-corrected chi connectivity index (χ2v) is 1.61. The number of nitrogens with one attached hydrogen (secondary N) is 1. The molecule has 0 bridgehead atoms. The number of rotatable bonds is 3. The monoisotopic (exact) mass is 129 g/mol. The summed E-state index contributed by atoms with van der Waals surface area (Å²) in [6.45, 7) is 1.17. The van der Waals surface area contributed by atoms with Gasteiger partial charge >= 0.3 is 5.97 Å². The molecule has 0 aromatic heterocycles. The van der Waals surface area contributed by atoms with E-state index in [0.29, 0.717) is 0 Å². The van der Waals surface area contributed by atoms with Crippen molar-refractivity contribution in [2.45, 2.75) is 13.3 Å². The highest BCUT2D eigenvalue weighted by Gasteiger charge is 2.06. The first-order valence-electron chi connectivity index (χ1n) is 2.34. The van der Waals surface area contributed by atoms with Gasteiger partial charge in [-0.15, -0.1) is 0 Å². The third-order valence-corrected chi connectivity index (χ3v) is 0.753. The Kier molecular flexibility index (Phi) is 2.57. The van der Waals surface area contributed by atoms with Gasteiger partial charge in [-0.25, -0.2) is 0 Å². The van der Waals surface area contributed by atoms with Crippen LogP contribution in [-0.4, -0.2) is 22.6 Å². The summed E-state index contributed by atoms with van der Waals surface area (Å²) in [7, 11) is 0. The lowest BCUT2D eigenvalue weighted by atomic mass is 10.2. The Morgan fingerprint density at radius 1 is 1.56 bits per heavy atom. The average Bonchev–Trinajstić information content (AvgIpc) is 1.63. The summed E-state index contributed by atoms with van der Waals surface area (Å²) >= 11 is 0. The molecule has 0 heterocycles. The fourth-order valence-electron chi connectivity index (χ4n) is 0.276. The number of carbonyl (C=O) groups excluding carboxylic acids is 1. The standard InChI is InChI=1S/C5H7NO3/c1-3(7)4(6)2-5(8)9/h6H,2H2,1H3,(H,8,9). The van der Waals surface area contributed by atoms with E-state index in [2.05, 4.69) is 0 Å². The van der Waals surface area contributed by atoms with E-state index in [4.69, 9.17) is 10.5 Å². The molecule has 0 aromatic rings. The molecule has 4 nitrogen and oxygen atoms in total. The number of Topliss-reactive ketones (excluding diaryl/α,β-unsaturated/α-hetero) is 1. The lowest BCUT2D eigenvalue weighted by molar-refractivity contribution is -0.135. The van der Waals surface area contributed by atoms with E-state index in [1.807, 2.05) is 0 Å². The molecule has 0 saturated heterocycles. The summed E-state index contributed by atoms with van der Waals surface area (Å²) in [4.78, 5) is 20.0. The Balaban J connectivity index is 3.79. The summed E-state index contributed by atoms with van der Waals surface area (Å²) in [6.07, 6.45) is -0.477. The van der Waals surface area contributed by atoms with Crippen molar-refractivity contribution in [1.82, 2.24) is 0 Å². The predicted octanol–water partition coefficient (Wildman–Crippen LogP) is 0.0699. The number of carbonyl (C=O) groups is 2. The van der Waals surface area contributed by atoms with Crippen molar-refractivity contribution in [2.75, 3.05) is 0 Å². The van der Waals surface area contributed by atoms with E-state index < -0.39 is 18.2 Å². The molecule has 0 aliphatic carbocycles. The molecular weight excluding hydrogens is 122 g/mol. The minimum absolute atomic E-state index is 0.359. The summed E-state index contributed by atoms with van der Waals surface area (Å²) in [5, 5.41) is 14.8. The molecule has 0 amide bonds. The van der Waals surface area contributed by atoms with Crippen LogP contribution in [0.25, 0.3) is 0 Å².